The molecule has 0 radical (unpaired) electrons. The van der Waals surface area contributed by atoms with Crippen molar-refractivity contribution in [3.8, 4) is 0 Å². The Bertz CT molecular complexity index is 1170. The summed E-state index contributed by atoms with van der Waals surface area (Å²) in [6.07, 6.45) is 3.23. The molecule has 3 unspecified atom stereocenters. The Morgan fingerprint density at radius 1 is 1.19 bits per heavy atom. The second-order valence-corrected chi connectivity index (χ2v) is 9.50. The van der Waals surface area contributed by atoms with E-state index >= 15 is 8.78 Å². The van der Waals surface area contributed by atoms with Crippen LogP contribution in [0.2, 0.25) is 0 Å². The van der Waals surface area contributed by atoms with Crippen LogP contribution in [0, 0.1) is 25.7 Å². The fraction of sp³-hybridized carbons (Fsp3) is 0.423. The highest BCUT2D eigenvalue weighted by Gasteiger charge is 2.56. The summed E-state index contributed by atoms with van der Waals surface area (Å²) in [5.41, 5.74) is 5.55. The molecule has 2 aromatic carbocycles. The average molecular weight is 439 g/mol. The van der Waals surface area contributed by atoms with Gasteiger partial charge in [-0.05, 0) is 73.1 Å². The van der Waals surface area contributed by atoms with Gasteiger partial charge in [-0.3, -0.25) is 4.90 Å². The van der Waals surface area contributed by atoms with Crippen LogP contribution in [-0.4, -0.2) is 33.4 Å². The van der Waals surface area contributed by atoms with Crippen molar-refractivity contribution in [1.29, 1.82) is 0 Å². The van der Waals surface area contributed by atoms with Gasteiger partial charge in [0.1, 0.15) is 0 Å². The summed E-state index contributed by atoms with van der Waals surface area (Å²) in [6, 6.07) is 10.3. The number of hydrogen-bond donors (Lipinski definition) is 2. The van der Waals surface area contributed by atoms with Gasteiger partial charge in [-0.1, -0.05) is 18.2 Å². The van der Waals surface area contributed by atoms with Gasteiger partial charge >= 0.3 is 5.97 Å². The number of aryl methyl sites for hydroxylation is 2. The van der Waals surface area contributed by atoms with Crippen LogP contribution in [0.15, 0.2) is 42.6 Å². The molecule has 0 bridgehead atoms. The number of rotatable bonds is 4. The number of fused-ring (bicyclic) bond motifs is 2. The minimum atomic E-state index is -2.72. The van der Waals surface area contributed by atoms with Gasteiger partial charge in [-0.2, -0.15) is 0 Å². The number of alkyl halides is 2. The molecule has 168 valence electrons. The van der Waals surface area contributed by atoms with Gasteiger partial charge in [0, 0.05) is 48.6 Å². The van der Waals surface area contributed by atoms with Crippen molar-refractivity contribution in [2.24, 2.45) is 11.8 Å². The lowest BCUT2D eigenvalue weighted by molar-refractivity contribution is -0.109. The highest BCUT2D eigenvalue weighted by atomic mass is 19.3. The third kappa shape index (κ3) is 3.41. The summed E-state index contributed by atoms with van der Waals surface area (Å²) in [6.45, 7) is 5.39. The van der Waals surface area contributed by atoms with E-state index in [-0.39, 0.29) is 17.9 Å². The number of benzene rings is 2. The van der Waals surface area contributed by atoms with Crippen molar-refractivity contribution in [1.82, 2.24) is 9.88 Å². The summed E-state index contributed by atoms with van der Waals surface area (Å²) in [5.74, 6) is -4.54. The largest absolute Gasteiger partial charge is 0.478 e. The number of hydrogen-bond acceptors (Lipinski definition) is 2. The first-order valence-electron chi connectivity index (χ1n) is 11.3. The van der Waals surface area contributed by atoms with Gasteiger partial charge in [0.15, 0.2) is 0 Å². The van der Waals surface area contributed by atoms with E-state index in [4.69, 9.17) is 0 Å². The number of carboxylic acid groups (broad SMARTS) is 1. The molecule has 6 heteroatoms. The van der Waals surface area contributed by atoms with Crippen molar-refractivity contribution < 1.29 is 18.7 Å². The lowest BCUT2D eigenvalue weighted by Gasteiger charge is -2.37. The van der Waals surface area contributed by atoms with E-state index in [0.717, 1.165) is 28.5 Å². The summed E-state index contributed by atoms with van der Waals surface area (Å²) in [7, 11) is 0. The molecule has 4 nitrogen and oxygen atoms in total. The van der Waals surface area contributed by atoms with Crippen LogP contribution in [-0.2, 0) is 6.54 Å². The minimum absolute atomic E-state index is 0.0598. The van der Waals surface area contributed by atoms with E-state index < -0.39 is 23.9 Å². The number of carbonyl (C=O) groups is 1. The fourth-order valence-electron chi connectivity index (χ4n) is 6.09. The first-order valence-corrected chi connectivity index (χ1v) is 11.3. The van der Waals surface area contributed by atoms with Gasteiger partial charge in [0.05, 0.1) is 5.56 Å². The van der Waals surface area contributed by atoms with Gasteiger partial charge in [-0.25, -0.2) is 13.6 Å². The van der Waals surface area contributed by atoms with Crippen LogP contribution in [0.4, 0.5) is 8.78 Å². The predicted octanol–water partition coefficient (Wildman–Crippen LogP) is 6.09. The molecule has 0 spiro atoms. The minimum Gasteiger partial charge on any atom is -0.478 e. The molecule has 3 aromatic rings. The molecule has 2 heterocycles. The van der Waals surface area contributed by atoms with Crippen molar-refractivity contribution >= 4 is 16.9 Å². The van der Waals surface area contributed by atoms with Crippen LogP contribution >= 0.6 is 0 Å². The fourth-order valence-corrected chi connectivity index (χ4v) is 6.09. The third-order valence-electron chi connectivity index (χ3n) is 7.52. The summed E-state index contributed by atoms with van der Waals surface area (Å²) in [4.78, 5) is 16.8. The van der Waals surface area contributed by atoms with Crippen LogP contribution < -0.4 is 0 Å². The van der Waals surface area contributed by atoms with Crippen LogP contribution in [0.25, 0.3) is 10.9 Å². The summed E-state index contributed by atoms with van der Waals surface area (Å²) >= 11 is 0. The predicted molar refractivity (Wildman–Crippen MR) is 120 cm³/mol. The van der Waals surface area contributed by atoms with E-state index in [1.807, 2.05) is 6.20 Å². The second kappa shape index (κ2) is 7.69. The molecule has 3 atom stereocenters. The molecule has 1 aromatic heterocycles. The van der Waals surface area contributed by atoms with Crippen LogP contribution in [0.5, 0.6) is 0 Å². The number of halogens is 2. The molecule has 2 N–H and O–H groups in total. The zero-order valence-corrected chi connectivity index (χ0v) is 18.4. The van der Waals surface area contributed by atoms with Crippen LogP contribution in [0.3, 0.4) is 0 Å². The second-order valence-electron chi connectivity index (χ2n) is 9.50. The van der Waals surface area contributed by atoms with E-state index in [2.05, 4.69) is 35.9 Å². The van der Waals surface area contributed by atoms with Gasteiger partial charge in [0.2, 0.25) is 0 Å². The highest BCUT2D eigenvalue weighted by molar-refractivity contribution is 5.88. The molecule has 32 heavy (non-hydrogen) atoms. The molecule has 1 saturated heterocycles. The molecule has 2 fully saturated rings. The van der Waals surface area contributed by atoms with E-state index in [0.29, 0.717) is 19.5 Å². The number of aromatic carboxylic acids is 1. The van der Waals surface area contributed by atoms with E-state index in [9.17, 15) is 9.90 Å². The molecule has 1 saturated carbocycles. The molecular formula is C26H28F2N2O2. The first kappa shape index (κ1) is 21.1. The number of nitrogens with zero attached hydrogens (tertiary/aromatic N) is 1. The highest BCUT2D eigenvalue weighted by Crippen LogP contribution is 2.55. The van der Waals surface area contributed by atoms with Crippen molar-refractivity contribution in [2.45, 2.75) is 51.6 Å². The lowest BCUT2D eigenvalue weighted by Crippen LogP contribution is -2.39. The Balaban J connectivity index is 1.57. The number of H-pyrrole nitrogens is 1. The van der Waals surface area contributed by atoms with E-state index in [1.54, 1.807) is 12.1 Å². The maximum Gasteiger partial charge on any atom is 0.335 e. The van der Waals surface area contributed by atoms with Crippen molar-refractivity contribution in [3.05, 3.63) is 70.4 Å². The normalized spacial score (nSPS) is 25.2. The zero-order chi connectivity index (χ0) is 22.6. The maximum atomic E-state index is 15.2. The molecule has 0 amide bonds. The third-order valence-corrected chi connectivity index (χ3v) is 7.52. The standard InChI is InChI=1S/C26H28F2N2O2/c1-15-12-16(2)23-20(9-11-29-23)21(15)14-30-13-19-4-3-10-26(27,28)22(19)24(30)17-5-7-18(8-6-17)25(31)32/h5-9,11-12,19,22,24,29H,3-4,10,13-14H2,1-2H3,(H,31,32). The van der Waals surface area contributed by atoms with Crippen LogP contribution in [0.1, 0.15) is 57.9 Å². The van der Waals surface area contributed by atoms with Crippen molar-refractivity contribution in [2.75, 3.05) is 6.54 Å². The average Bonchev–Trinajstić information content (AvgIpc) is 3.37. The van der Waals surface area contributed by atoms with Crippen molar-refractivity contribution in [3.63, 3.8) is 0 Å². The maximum absolute atomic E-state index is 15.2. The SMILES string of the molecule is Cc1cc(C)c2[nH]ccc2c1CN1CC2CCCC(F)(F)C2C1c1ccc(C(=O)O)cc1. The Kier molecular flexibility index (Phi) is 5.08. The number of likely N-dealkylation sites (tertiary alicyclic amines) is 1. The topological polar surface area (TPSA) is 56.3 Å². The smallest absolute Gasteiger partial charge is 0.335 e. The molecule has 5 rings (SSSR count). The first-order chi connectivity index (χ1) is 15.3. The quantitative estimate of drug-likeness (QED) is 0.518. The molecule has 1 aliphatic carbocycles. The Hall–Kier alpha value is -2.73. The summed E-state index contributed by atoms with van der Waals surface area (Å²) < 4.78 is 30.4. The Morgan fingerprint density at radius 3 is 2.66 bits per heavy atom. The molecular weight excluding hydrogens is 410 g/mol. The van der Waals surface area contributed by atoms with E-state index in [1.165, 1.54) is 23.3 Å². The lowest BCUT2D eigenvalue weighted by atomic mass is 9.74. The Labute approximate surface area is 186 Å². The molecule has 2 aliphatic rings. The van der Waals surface area contributed by atoms with Gasteiger partial charge in [0.25, 0.3) is 5.92 Å². The Morgan fingerprint density at radius 2 is 1.94 bits per heavy atom. The number of carboxylic acids is 1. The zero-order valence-electron chi connectivity index (χ0n) is 18.4. The number of aromatic amines is 1. The number of nitrogens with one attached hydrogen (secondary N) is 1. The molecule has 1 aliphatic heterocycles. The van der Waals surface area contributed by atoms with Gasteiger partial charge in [-0.15, -0.1) is 0 Å². The number of aromatic nitrogens is 1. The van der Waals surface area contributed by atoms with Gasteiger partial charge < -0.3 is 10.1 Å². The monoisotopic (exact) mass is 438 g/mol. The summed E-state index contributed by atoms with van der Waals surface area (Å²) in [5, 5.41) is 10.4.